The Morgan fingerprint density at radius 2 is 1.78 bits per heavy atom. The zero-order chi connectivity index (χ0) is 17.5. The van der Waals surface area contributed by atoms with Crippen molar-refractivity contribution in [3.05, 3.63) is 26.1 Å². The third-order valence-corrected chi connectivity index (χ3v) is 5.85. The van der Waals surface area contributed by atoms with E-state index in [2.05, 4.69) is 4.98 Å². The van der Waals surface area contributed by atoms with Gasteiger partial charge in [0.1, 0.15) is 0 Å². The maximum absolute atomic E-state index is 12.3. The SMILES string of the molecule is CN(C)S(=O)(=O)CCCn1c(Cl)nc2c1c(=O)n(C)c(=O)n2C. The van der Waals surface area contributed by atoms with E-state index >= 15 is 0 Å². The predicted octanol–water partition coefficient (Wildman–Crippen LogP) is -0.631. The summed E-state index contributed by atoms with van der Waals surface area (Å²) >= 11 is 6.06. The van der Waals surface area contributed by atoms with E-state index in [-0.39, 0.29) is 35.2 Å². The van der Waals surface area contributed by atoms with Gasteiger partial charge in [0.05, 0.1) is 5.75 Å². The Morgan fingerprint density at radius 3 is 2.35 bits per heavy atom. The predicted molar refractivity (Wildman–Crippen MR) is 87.3 cm³/mol. The van der Waals surface area contributed by atoms with Crippen LogP contribution >= 0.6 is 11.6 Å². The molecule has 2 aromatic heterocycles. The number of hydrogen-bond donors (Lipinski definition) is 0. The Kier molecular flexibility index (Phi) is 4.69. The molecule has 0 unspecified atom stereocenters. The highest BCUT2D eigenvalue weighted by Crippen LogP contribution is 2.16. The number of sulfonamides is 1. The summed E-state index contributed by atoms with van der Waals surface area (Å²) in [4.78, 5) is 28.2. The van der Waals surface area contributed by atoms with E-state index in [0.717, 1.165) is 8.87 Å². The van der Waals surface area contributed by atoms with Gasteiger partial charge in [-0.05, 0) is 18.0 Å². The number of imidazole rings is 1. The lowest BCUT2D eigenvalue weighted by molar-refractivity contribution is 0.515. The maximum atomic E-state index is 12.3. The molecule has 0 atom stereocenters. The van der Waals surface area contributed by atoms with Crippen LogP contribution in [-0.2, 0) is 30.7 Å². The normalized spacial score (nSPS) is 12.4. The van der Waals surface area contributed by atoms with Crippen molar-refractivity contribution in [3.8, 4) is 0 Å². The van der Waals surface area contributed by atoms with E-state index in [9.17, 15) is 18.0 Å². The summed E-state index contributed by atoms with van der Waals surface area (Å²) < 4.78 is 28.3. The topological polar surface area (TPSA) is 99.2 Å². The second kappa shape index (κ2) is 6.10. The van der Waals surface area contributed by atoms with Crippen molar-refractivity contribution in [2.45, 2.75) is 13.0 Å². The molecule has 2 aromatic rings. The minimum absolute atomic E-state index is 0.0422. The van der Waals surface area contributed by atoms with Gasteiger partial charge in [0.25, 0.3) is 5.56 Å². The van der Waals surface area contributed by atoms with E-state index in [4.69, 9.17) is 11.6 Å². The second-order valence-corrected chi connectivity index (χ2v) is 8.00. The van der Waals surface area contributed by atoms with Crippen molar-refractivity contribution >= 4 is 32.8 Å². The first-order valence-electron chi connectivity index (χ1n) is 6.80. The molecule has 128 valence electrons. The molecule has 0 bridgehead atoms. The third-order valence-electron chi connectivity index (χ3n) is 3.64. The molecule has 0 aliphatic rings. The number of hydrogen-bond acceptors (Lipinski definition) is 5. The summed E-state index contributed by atoms with van der Waals surface area (Å²) in [5.41, 5.74) is -0.655. The fourth-order valence-electron chi connectivity index (χ4n) is 2.21. The van der Waals surface area contributed by atoms with Crippen LogP contribution in [0.2, 0.25) is 5.28 Å². The van der Waals surface area contributed by atoms with Gasteiger partial charge >= 0.3 is 5.69 Å². The number of rotatable bonds is 5. The molecule has 0 saturated heterocycles. The molecular formula is C12H18ClN5O4S. The molecule has 2 rings (SSSR count). The summed E-state index contributed by atoms with van der Waals surface area (Å²) in [6, 6.07) is 0. The standard InChI is InChI=1S/C12H18ClN5O4S/c1-15(2)23(21,22)7-5-6-18-8-9(14-11(18)13)16(3)12(20)17(4)10(8)19/h5-7H2,1-4H3. The van der Waals surface area contributed by atoms with Gasteiger partial charge in [-0.1, -0.05) is 0 Å². The monoisotopic (exact) mass is 363 g/mol. The molecule has 9 nitrogen and oxygen atoms in total. The Morgan fingerprint density at radius 1 is 1.17 bits per heavy atom. The van der Waals surface area contributed by atoms with Crippen LogP contribution in [0.15, 0.2) is 9.59 Å². The van der Waals surface area contributed by atoms with Crippen LogP contribution in [-0.4, -0.2) is 51.3 Å². The minimum atomic E-state index is -3.33. The van der Waals surface area contributed by atoms with Gasteiger partial charge < -0.3 is 4.57 Å². The fourth-order valence-corrected chi connectivity index (χ4v) is 3.32. The highest BCUT2D eigenvalue weighted by atomic mass is 35.5. The molecule has 0 spiro atoms. The molecule has 11 heteroatoms. The average molecular weight is 364 g/mol. The quantitative estimate of drug-likeness (QED) is 0.658. The Balaban J connectivity index is 2.45. The van der Waals surface area contributed by atoms with Gasteiger partial charge in [0.2, 0.25) is 15.3 Å². The first-order chi connectivity index (χ1) is 10.6. The summed E-state index contributed by atoms with van der Waals surface area (Å²) in [5, 5.41) is 0.0422. The van der Waals surface area contributed by atoms with Crippen molar-refractivity contribution in [1.29, 1.82) is 0 Å². The Bertz CT molecular complexity index is 970. The largest absolute Gasteiger partial charge is 0.332 e. The first-order valence-corrected chi connectivity index (χ1v) is 8.78. The van der Waals surface area contributed by atoms with Crippen LogP contribution in [0, 0.1) is 0 Å². The number of aromatic nitrogens is 4. The minimum Gasteiger partial charge on any atom is -0.309 e. The zero-order valence-corrected chi connectivity index (χ0v) is 14.8. The summed E-state index contributed by atoms with van der Waals surface area (Å²) in [5.74, 6) is -0.0813. The number of nitrogens with zero attached hydrogens (tertiary/aromatic N) is 5. The average Bonchev–Trinajstić information content (AvgIpc) is 2.80. The fraction of sp³-hybridized carbons (Fsp3) is 0.583. The smallest absolute Gasteiger partial charge is 0.309 e. The zero-order valence-electron chi connectivity index (χ0n) is 13.3. The molecule has 0 aliphatic carbocycles. The highest BCUT2D eigenvalue weighted by Gasteiger charge is 2.19. The van der Waals surface area contributed by atoms with E-state index in [0.29, 0.717) is 0 Å². The van der Waals surface area contributed by atoms with E-state index in [1.807, 2.05) is 0 Å². The highest BCUT2D eigenvalue weighted by molar-refractivity contribution is 7.89. The van der Waals surface area contributed by atoms with Crippen molar-refractivity contribution in [1.82, 2.24) is 23.0 Å². The van der Waals surface area contributed by atoms with Crippen LogP contribution in [0.3, 0.4) is 0 Å². The number of fused-ring (bicyclic) bond motifs is 1. The Labute approximate surface area is 137 Å². The van der Waals surface area contributed by atoms with Crippen molar-refractivity contribution in [2.24, 2.45) is 14.1 Å². The lowest BCUT2D eigenvalue weighted by Gasteiger charge is -2.11. The second-order valence-electron chi connectivity index (χ2n) is 5.36. The van der Waals surface area contributed by atoms with Crippen LogP contribution in [0.25, 0.3) is 11.2 Å². The van der Waals surface area contributed by atoms with Gasteiger partial charge in [0.15, 0.2) is 11.2 Å². The van der Waals surface area contributed by atoms with Gasteiger partial charge in [-0.2, -0.15) is 4.98 Å². The third kappa shape index (κ3) is 3.06. The molecule has 0 aliphatic heterocycles. The maximum Gasteiger partial charge on any atom is 0.332 e. The molecule has 0 amide bonds. The summed E-state index contributed by atoms with van der Waals surface area (Å²) in [6.45, 7) is 0.204. The van der Waals surface area contributed by atoms with Gasteiger partial charge in [-0.15, -0.1) is 0 Å². The lowest BCUT2D eigenvalue weighted by atomic mass is 10.4. The van der Waals surface area contributed by atoms with Crippen LogP contribution < -0.4 is 11.2 Å². The Hall–Kier alpha value is -1.65. The van der Waals surface area contributed by atoms with Crippen LogP contribution in [0.1, 0.15) is 6.42 Å². The molecule has 0 saturated carbocycles. The van der Waals surface area contributed by atoms with E-state index in [1.165, 1.54) is 37.3 Å². The van der Waals surface area contributed by atoms with Crippen molar-refractivity contribution in [3.63, 3.8) is 0 Å². The number of halogens is 1. The molecule has 0 radical (unpaired) electrons. The molecular weight excluding hydrogens is 346 g/mol. The van der Waals surface area contributed by atoms with E-state index in [1.54, 1.807) is 0 Å². The van der Waals surface area contributed by atoms with Gasteiger partial charge in [-0.25, -0.2) is 17.5 Å². The molecule has 0 aromatic carbocycles. The van der Waals surface area contributed by atoms with Crippen molar-refractivity contribution < 1.29 is 8.42 Å². The van der Waals surface area contributed by atoms with Crippen LogP contribution in [0.4, 0.5) is 0 Å². The van der Waals surface area contributed by atoms with E-state index < -0.39 is 21.3 Å². The van der Waals surface area contributed by atoms with Crippen molar-refractivity contribution in [2.75, 3.05) is 19.8 Å². The van der Waals surface area contributed by atoms with Crippen LogP contribution in [0.5, 0.6) is 0 Å². The lowest BCUT2D eigenvalue weighted by Crippen LogP contribution is -2.37. The number of aryl methyl sites for hydroxylation is 2. The molecule has 2 heterocycles. The molecule has 23 heavy (non-hydrogen) atoms. The van der Waals surface area contributed by atoms with Gasteiger partial charge in [0, 0.05) is 34.7 Å². The molecule has 0 N–H and O–H groups in total. The first kappa shape index (κ1) is 17.7. The summed E-state index contributed by atoms with van der Waals surface area (Å²) in [7, 11) is 2.45. The molecule has 0 fully saturated rings. The van der Waals surface area contributed by atoms with Gasteiger partial charge in [-0.3, -0.25) is 13.9 Å². The summed E-state index contributed by atoms with van der Waals surface area (Å²) in [6.07, 6.45) is 0.262.